The Hall–Kier alpha value is -2.98. The fourth-order valence-corrected chi connectivity index (χ4v) is 5.31. The van der Waals surface area contributed by atoms with Crippen molar-refractivity contribution in [2.24, 2.45) is 7.05 Å². The van der Waals surface area contributed by atoms with Crippen LogP contribution in [0.25, 0.3) is 0 Å². The molecular weight excluding hydrogens is 459 g/mol. The highest BCUT2D eigenvalue weighted by Gasteiger charge is 2.31. The first-order valence-corrected chi connectivity index (χ1v) is 12.3. The highest BCUT2D eigenvalue weighted by Crippen LogP contribution is 2.40. The van der Waals surface area contributed by atoms with E-state index in [1.807, 2.05) is 11.6 Å². The van der Waals surface area contributed by atoms with Crippen LogP contribution in [0.3, 0.4) is 0 Å². The van der Waals surface area contributed by atoms with Gasteiger partial charge in [-0.1, -0.05) is 24.5 Å². The van der Waals surface area contributed by atoms with Gasteiger partial charge in [-0.25, -0.2) is 9.67 Å². The van der Waals surface area contributed by atoms with Crippen molar-refractivity contribution in [1.82, 2.24) is 34.7 Å². The third-order valence-corrected chi connectivity index (χ3v) is 7.40. The molecule has 0 N–H and O–H groups in total. The molecule has 2 saturated carbocycles. The summed E-state index contributed by atoms with van der Waals surface area (Å²) in [7, 11) is 1.87. The lowest BCUT2D eigenvalue weighted by molar-refractivity contribution is -0.137. The van der Waals surface area contributed by atoms with Crippen molar-refractivity contribution >= 4 is 0 Å². The zero-order valence-electron chi connectivity index (χ0n) is 19.8. The van der Waals surface area contributed by atoms with E-state index in [0.29, 0.717) is 17.8 Å². The second kappa shape index (κ2) is 9.94. The Labute approximate surface area is 201 Å². The first-order chi connectivity index (χ1) is 16.9. The van der Waals surface area contributed by atoms with E-state index in [2.05, 4.69) is 36.4 Å². The summed E-state index contributed by atoms with van der Waals surface area (Å²) in [6, 6.07) is 2.30. The number of nitrogens with zero attached hydrogens (tertiary/aromatic N) is 7. The van der Waals surface area contributed by atoms with Crippen LogP contribution in [-0.2, 0) is 19.8 Å². The number of hydrogen-bond donors (Lipinski definition) is 0. The molecule has 35 heavy (non-hydrogen) atoms. The van der Waals surface area contributed by atoms with E-state index in [4.69, 9.17) is 4.74 Å². The molecule has 3 heterocycles. The molecule has 0 amide bonds. The van der Waals surface area contributed by atoms with Gasteiger partial charge in [0.1, 0.15) is 12.4 Å². The highest BCUT2D eigenvalue weighted by atomic mass is 19.4. The summed E-state index contributed by atoms with van der Waals surface area (Å²) in [5, 5.41) is 17.5. The number of halogens is 3. The van der Waals surface area contributed by atoms with Crippen molar-refractivity contribution in [2.75, 3.05) is 0 Å². The Morgan fingerprint density at radius 3 is 2.46 bits per heavy atom. The quantitative estimate of drug-likeness (QED) is 0.464. The predicted octanol–water partition coefficient (Wildman–Crippen LogP) is 5.35. The van der Waals surface area contributed by atoms with Gasteiger partial charge in [-0.2, -0.15) is 13.2 Å². The molecule has 0 radical (unpaired) electrons. The molecule has 0 aliphatic heterocycles. The van der Waals surface area contributed by atoms with Gasteiger partial charge in [0, 0.05) is 37.3 Å². The van der Waals surface area contributed by atoms with Crippen LogP contribution >= 0.6 is 0 Å². The number of pyridine rings is 1. The summed E-state index contributed by atoms with van der Waals surface area (Å²) in [6.07, 6.45) is 9.02. The SMILES string of the molecule is Cn1c(COc2cc(C(F)(F)F)ccn2)nnc1[C@H]1CC[C@H](c2cn(C3CCCCC3)nn2)CC1. The fourth-order valence-electron chi connectivity index (χ4n) is 5.31. The summed E-state index contributed by atoms with van der Waals surface area (Å²) in [4.78, 5) is 3.87. The molecule has 0 atom stereocenters. The Morgan fingerprint density at radius 2 is 1.71 bits per heavy atom. The zero-order chi connectivity index (χ0) is 24.4. The fraction of sp³-hybridized carbons (Fsp3) is 0.625. The largest absolute Gasteiger partial charge is 0.469 e. The van der Waals surface area contributed by atoms with Crippen molar-refractivity contribution in [3.05, 3.63) is 47.4 Å². The molecule has 8 nitrogen and oxygen atoms in total. The molecule has 2 aliphatic carbocycles. The minimum Gasteiger partial charge on any atom is -0.469 e. The molecule has 5 rings (SSSR count). The second-order valence-electron chi connectivity index (χ2n) is 9.67. The molecule has 2 fully saturated rings. The molecular formula is C24H30F3N7O. The van der Waals surface area contributed by atoms with E-state index in [0.717, 1.165) is 55.5 Å². The van der Waals surface area contributed by atoms with Crippen molar-refractivity contribution in [3.8, 4) is 5.88 Å². The Bertz CT molecular complexity index is 1130. The first-order valence-electron chi connectivity index (χ1n) is 12.3. The van der Waals surface area contributed by atoms with Crippen molar-refractivity contribution in [2.45, 2.75) is 88.4 Å². The topological polar surface area (TPSA) is 83.5 Å². The summed E-state index contributed by atoms with van der Waals surface area (Å²) in [6.45, 7) is -0.00255. The van der Waals surface area contributed by atoms with Crippen LogP contribution in [-0.4, -0.2) is 34.7 Å². The highest BCUT2D eigenvalue weighted by molar-refractivity contribution is 5.23. The molecule has 0 unspecified atom stereocenters. The molecule has 2 aliphatic rings. The van der Waals surface area contributed by atoms with Gasteiger partial charge in [0.25, 0.3) is 0 Å². The third-order valence-electron chi connectivity index (χ3n) is 7.40. The van der Waals surface area contributed by atoms with Crippen LogP contribution in [0.5, 0.6) is 5.88 Å². The number of alkyl halides is 3. The van der Waals surface area contributed by atoms with Gasteiger partial charge in [0.05, 0.1) is 17.3 Å². The van der Waals surface area contributed by atoms with E-state index in [1.54, 1.807) is 0 Å². The van der Waals surface area contributed by atoms with E-state index in [-0.39, 0.29) is 18.4 Å². The van der Waals surface area contributed by atoms with E-state index in [9.17, 15) is 13.2 Å². The molecule has 0 bridgehead atoms. The number of hydrogen-bond acceptors (Lipinski definition) is 6. The van der Waals surface area contributed by atoms with Crippen LogP contribution < -0.4 is 4.74 Å². The van der Waals surface area contributed by atoms with E-state index in [1.165, 1.54) is 32.1 Å². The van der Waals surface area contributed by atoms with Crippen LogP contribution in [0.1, 0.15) is 98.6 Å². The summed E-state index contributed by atoms with van der Waals surface area (Å²) in [5.74, 6) is 2.03. The lowest BCUT2D eigenvalue weighted by Gasteiger charge is -2.26. The summed E-state index contributed by atoms with van der Waals surface area (Å²) < 4.78 is 48.2. The van der Waals surface area contributed by atoms with Crippen LogP contribution in [0.15, 0.2) is 24.5 Å². The van der Waals surface area contributed by atoms with Gasteiger partial charge in [-0.3, -0.25) is 0 Å². The third kappa shape index (κ3) is 5.33. The smallest absolute Gasteiger partial charge is 0.416 e. The van der Waals surface area contributed by atoms with E-state index < -0.39 is 11.7 Å². The second-order valence-corrected chi connectivity index (χ2v) is 9.67. The number of rotatable bonds is 6. The van der Waals surface area contributed by atoms with Gasteiger partial charge in [0.15, 0.2) is 5.82 Å². The standard InChI is InChI=1S/C24H30F3N7O/c1-33-21(15-35-22-13-18(11-12-28-22)24(25,26)27)30-31-23(33)17-9-7-16(8-10-17)20-14-34(32-29-20)19-5-3-2-4-6-19/h11-14,16-17,19H,2-10,15H2,1H3/t16-,17-. The monoisotopic (exact) mass is 489 g/mol. The van der Waals surface area contributed by atoms with Gasteiger partial charge in [-0.05, 0) is 44.6 Å². The van der Waals surface area contributed by atoms with Crippen molar-refractivity contribution in [3.63, 3.8) is 0 Å². The average molecular weight is 490 g/mol. The van der Waals surface area contributed by atoms with Gasteiger partial charge >= 0.3 is 6.18 Å². The number of aromatic nitrogens is 7. The molecule has 188 valence electrons. The zero-order valence-corrected chi connectivity index (χ0v) is 19.8. The average Bonchev–Trinajstić information content (AvgIpc) is 3.50. The Morgan fingerprint density at radius 1 is 0.971 bits per heavy atom. The van der Waals surface area contributed by atoms with Crippen LogP contribution in [0.2, 0.25) is 0 Å². The minimum absolute atomic E-state index is 0.00255. The Balaban J connectivity index is 1.17. The lowest BCUT2D eigenvalue weighted by atomic mass is 9.80. The minimum atomic E-state index is -4.44. The maximum absolute atomic E-state index is 12.9. The van der Waals surface area contributed by atoms with Crippen molar-refractivity contribution in [1.29, 1.82) is 0 Å². The van der Waals surface area contributed by atoms with E-state index >= 15 is 0 Å². The summed E-state index contributed by atoms with van der Waals surface area (Å²) in [5.41, 5.74) is 0.298. The van der Waals surface area contributed by atoms with Gasteiger partial charge in [-0.15, -0.1) is 15.3 Å². The predicted molar refractivity (Wildman–Crippen MR) is 121 cm³/mol. The molecule has 3 aromatic heterocycles. The summed E-state index contributed by atoms with van der Waals surface area (Å²) >= 11 is 0. The molecule has 3 aromatic rings. The van der Waals surface area contributed by atoms with Crippen molar-refractivity contribution < 1.29 is 17.9 Å². The lowest BCUT2D eigenvalue weighted by Crippen LogP contribution is -2.16. The maximum atomic E-state index is 12.9. The van der Waals surface area contributed by atoms with Gasteiger partial charge in [0.2, 0.25) is 5.88 Å². The Kier molecular flexibility index (Phi) is 6.75. The van der Waals surface area contributed by atoms with Gasteiger partial charge < -0.3 is 9.30 Å². The molecule has 0 aromatic carbocycles. The molecule has 0 spiro atoms. The first kappa shape index (κ1) is 23.7. The maximum Gasteiger partial charge on any atom is 0.416 e. The molecule has 11 heteroatoms. The number of ether oxygens (including phenoxy) is 1. The molecule has 0 saturated heterocycles. The van der Waals surface area contributed by atoms with Crippen LogP contribution in [0.4, 0.5) is 13.2 Å². The normalized spacial score (nSPS) is 21.8. The van der Waals surface area contributed by atoms with Crippen LogP contribution in [0, 0.1) is 0 Å².